The van der Waals surface area contributed by atoms with Crippen LogP contribution in [0, 0.1) is 11.3 Å². The van der Waals surface area contributed by atoms with E-state index in [-0.39, 0.29) is 12.6 Å². The maximum absolute atomic E-state index is 9.45. The summed E-state index contributed by atoms with van der Waals surface area (Å²) in [4.78, 5) is 2.27. The normalized spacial score (nSPS) is 20.7. The van der Waals surface area contributed by atoms with Crippen LogP contribution >= 0.6 is 0 Å². The Balaban J connectivity index is 2.19. The van der Waals surface area contributed by atoms with Crippen LogP contribution in [0.3, 0.4) is 0 Å². The van der Waals surface area contributed by atoms with E-state index >= 15 is 0 Å². The van der Waals surface area contributed by atoms with Gasteiger partial charge in [0.1, 0.15) is 0 Å². The summed E-state index contributed by atoms with van der Waals surface area (Å²) in [6.07, 6.45) is 4.66. The zero-order valence-corrected chi connectivity index (χ0v) is 9.97. The summed E-state index contributed by atoms with van der Waals surface area (Å²) in [7, 11) is 0. The molecule has 0 bridgehead atoms. The van der Waals surface area contributed by atoms with Crippen LogP contribution in [0.15, 0.2) is 24.3 Å². The molecule has 1 fully saturated rings. The number of nitriles is 1. The maximum Gasteiger partial charge on any atom is 0.0991 e. The Labute approximate surface area is 102 Å². The van der Waals surface area contributed by atoms with Gasteiger partial charge in [-0.1, -0.05) is 12.8 Å². The highest BCUT2D eigenvalue weighted by Gasteiger charge is 2.20. The van der Waals surface area contributed by atoms with Crippen molar-refractivity contribution in [2.24, 2.45) is 0 Å². The Morgan fingerprint density at radius 2 is 2.00 bits per heavy atom. The van der Waals surface area contributed by atoms with Crippen molar-refractivity contribution >= 4 is 5.69 Å². The largest absolute Gasteiger partial charge is 0.394 e. The van der Waals surface area contributed by atoms with Gasteiger partial charge in [0.15, 0.2) is 0 Å². The van der Waals surface area contributed by atoms with Crippen molar-refractivity contribution in [2.75, 3.05) is 18.1 Å². The van der Waals surface area contributed by atoms with Gasteiger partial charge in [0.2, 0.25) is 0 Å². The van der Waals surface area contributed by atoms with Gasteiger partial charge in [-0.05, 0) is 37.1 Å². The Hall–Kier alpha value is -1.53. The van der Waals surface area contributed by atoms with Crippen LogP contribution < -0.4 is 4.90 Å². The fourth-order valence-electron chi connectivity index (χ4n) is 2.43. The fourth-order valence-corrected chi connectivity index (χ4v) is 2.43. The van der Waals surface area contributed by atoms with E-state index in [1.807, 2.05) is 24.3 Å². The van der Waals surface area contributed by atoms with Crippen LogP contribution in [0.1, 0.15) is 31.2 Å². The van der Waals surface area contributed by atoms with Crippen molar-refractivity contribution in [2.45, 2.75) is 31.7 Å². The molecule has 1 atom stereocenters. The lowest BCUT2D eigenvalue weighted by atomic mass is 10.1. The van der Waals surface area contributed by atoms with Crippen molar-refractivity contribution in [1.29, 1.82) is 5.26 Å². The molecule has 0 radical (unpaired) electrons. The highest BCUT2D eigenvalue weighted by atomic mass is 16.3. The molecule has 0 amide bonds. The predicted molar refractivity (Wildman–Crippen MR) is 67.8 cm³/mol. The van der Waals surface area contributed by atoms with Gasteiger partial charge in [-0.25, -0.2) is 0 Å². The molecule has 3 heteroatoms. The first-order chi connectivity index (χ1) is 8.35. The van der Waals surface area contributed by atoms with Crippen LogP contribution in [0.4, 0.5) is 5.69 Å². The standard InChI is InChI=1S/C14H18N2O/c15-10-12-5-7-13(8-6-12)16-9-3-1-2-4-14(16)11-17/h5-8,14,17H,1-4,9,11H2. The Morgan fingerprint density at radius 1 is 1.24 bits per heavy atom. The highest BCUT2D eigenvalue weighted by molar-refractivity contribution is 5.50. The van der Waals surface area contributed by atoms with Crippen LogP contribution in [-0.2, 0) is 0 Å². The average Bonchev–Trinajstić information content (AvgIpc) is 2.64. The summed E-state index contributed by atoms with van der Waals surface area (Å²) in [5, 5.41) is 18.2. The first-order valence-corrected chi connectivity index (χ1v) is 6.23. The minimum Gasteiger partial charge on any atom is -0.394 e. The summed E-state index contributed by atoms with van der Waals surface area (Å²) in [6, 6.07) is 10.00. The van der Waals surface area contributed by atoms with Gasteiger partial charge in [-0.15, -0.1) is 0 Å². The number of benzene rings is 1. The molecule has 1 N–H and O–H groups in total. The minimum absolute atomic E-state index is 0.208. The second-order valence-electron chi connectivity index (χ2n) is 4.54. The third-order valence-electron chi connectivity index (χ3n) is 3.42. The first kappa shape index (κ1) is 11.9. The molecule has 90 valence electrons. The molecule has 1 aromatic carbocycles. The fraction of sp³-hybridized carbons (Fsp3) is 0.500. The lowest BCUT2D eigenvalue weighted by Gasteiger charge is -2.30. The molecule has 1 aliphatic rings. The van der Waals surface area contributed by atoms with Gasteiger partial charge in [0, 0.05) is 12.2 Å². The summed E-state index contributed by atoms with van der Waals surface area (Å²) >= 11 is 0. The molecule has 0 aromatic heterocycles. The monoisotopic (exact) mass is 230 g/mol. The molecule has 0 spiro atoms. The average molecular weight is 230 g/mol. The zero-order valence-electron chi connectivity index (χ0n) is 9.97. The quantitative estimate of drug-likeness (QED) is 0.848. The van der Waals surface area contributed by atoms with E-state index in [4.69, 9.17) is 5.26 Å². The van der Waals surface area contributed by atoms with Gasteiger partial charge in [0.05, 0.1) is 24.3 Å². The van der Waals surface area contributed by atoms with Gasteiger partial charge in [-0.2, -0.15) is 5.26 Å². The number of aliphatic hydroxyl groups is 1. The number of aliphatic hydroxyl groups excluding tert-OH is 1. The number of hydrogen-bond acceptors (Lipinski definition) is 3. The molecule has 1 heterocycles. The molecule has 2 rings (SSSR count). The molecule has 1 aliphatic heterocycles. The summed E-state index contributed by atoms with van der Waals surface area (Å²) < 4.78 is 0. The van der Waals surface area contributed by atoms with Crippen molar-refractivity contribution in [3.63, 3.8) is 0 Å². The molecule has 1 unspecified atom stereocenters. The molecular weight excluding hydrogens is 212 g/mol. The van der Waals surface area contributed by atoms with Crippen LogP contribution in [0.25, 0.3) is 0 Å². The second-order valence-corrected chi connectivity index (χ2v) is 4.54. The van der Waals surface area contributed by atoms with Crippen LogP contribution in [0.5, 0.6) is 0 Å². The molecule has 17 heavy (non-hydrogen) atoms. The van der Waals surface area contributed by atoms with E-state index in [0.29, 0.717) is 5.56 Å². The lowest BCUT2D eigenvalue weighted by molar-refractivity contribution is 0.255. The van der Waals surface area contributed by atoms with Gasteiger partial charge < -0.3 is 10.0 Å². The highest BCUT2D eigenvalue weighted by Crippen LogP contribution is 2.24. The van der Waals surface area contributed by atoms with Crippen molar-refractivity contribution in [3.05, 3.63) is 29.8 Å². The minimum atomic E-state index is 0.208. The smallest absolute Gasteiger partial charge is 0.0991 e. The molecule has 0 aliphatic carbocycles. The van der Waals surface area contributed by atoms with Crippen molar-refractivity contribution < 1.29 is 5.11 Å². The van der Waals surface area contributed by atoms with Gasteiger partial charge in [0.25, 0.3) is 0 Å². The van der Waals surface area contributed by atoms with E-state index in [1.165, 1.54) is 19.3 Å². The third kappa shape index (κ3) is 2.78. The second kappa shape index (κ2) is 5.70. The number of anilines is 1. The molecular formula is C14H18N2O. The van der Waals surface area contributed by atoms with Gasteiger partial charge >= 0.3 is 0 Å². The maximum atomic E-state index is 9.45. The first-order valence-electron chi connectivity index (χ1n) is 6.23. The van der Waals surface area contributed by atoms with E-state index in [9.17, 15) is 5.11 Å². The molecule has 1 aromatic rings. The number of rotatable bonds is 2. The van der Waals surface area contributed by atoms with Crippen LogP contribution in [-0.4, -0.2) is 24.3 Å². The summed E-state index contributed by atoms with van der Waals surface area (Å²) in [6.45, 7) is 1.21. The summed E-state index contributed by atoms with van der Waals surface area (Å²) in [5.74, 6) is 0. The zero-order chi connectivity index (χ0) is 12.1. The predicted octanol–water partition coefficient (Wildman–Crippen LogP) is 2.30. The van der Waals surface area contributed by atoms with E-state index in [2.05, 4.69) is 11.0 Å². The third-order valence-corrected chi connectivity index (χ3v) is 3.42. The molecule has 1 saturated heterocycles. The SMILES string of the molecule is N#Cc1ccc(N2CCCCCC2CO)cc1. The number of hydrogen-bond donors (Lipinski definition) is 1. The Morgan fingerprint density at radius 3 is 2.65 bits per heavy atom. The van der Waals surface area contributed by atoms with Gasteiger partial charge in [-0.3, -0.25) is 0 Å². The topological polar surface area (TPSA) is 47.3 Å². The van der Waals surface area contributed by atoms with Crippen LogP contribution in [0.2, 0.25) is 0 Å². The lowest BCUT2D eigenvalue weighted by Crippen LogP contribution is -2.37. The van der Waals surface area contributed by atoms with Crippen molar-refractivity contribution in [1.82, 2.24) is 0 Å². The van der Waals surface area contributed by atoms with E-state index in [1.54, 1.807) is 0 Å². The number of nitrogens with zero attached hydrogens (tertiary/aromatic N) is 2. The summed E-state index contributed by atoms with van der Waals surface area (Å²) in [5.41, 5.74) is 1.80. The van der Waals surface area contributed by atoms with E-state index in [0.717, 1.165) is 18.7 Å². The molecule has 3 nitrogen and oxygen atoms in total. The van der Waals surface area contributed by atoms with E-state index < -0.39 is 0 Å². The Kier molecular flexibility index (Phi) is 4.00. The Bertz CT molecular complexity index is 394. The molecule has 0 saturated carbocycles. The van der Waals surface area contributed by atoms with Crippen molar-refractivity contribution in [3.8, 4) is 6.07 Å².